The fourth-order valence-electron chi connectivity index (χ4n) is 2.51. The van der Waals surface area contributed by atoms with Gasteiger partial charge in [0.2, 0.25) is 0 Å². The third-order valence-corrected chi connectivity index (χ3v) is 3.93. The first-order chi connectivity index (χ1) is 9.60. The molecule has 1 aliphatic heterocycles. The van der Waals surface area contributed by atoms with Crippen molar-refractivity contribution in [1.82, 2.24) is 4.90 Å². The van der Waals surface area contributed by atoms with Gasteiger partial charge in [0.25, 0.3) is 5.91 Å². The summed E-state index contributed by atoms with van der Waals surface area (Å²) < 4.78 is 5.59. The maximum absolute atomic E-state index is 12.4. The first kappa shape index (κ1) is 15.2. The van der Waals surface area contributed by atoms with Crippen LogP contribution in [0.2, 0.25) is 0 Å². The van der Waals surface area contributed by atoms with Crippen molar-refractivity contribution in [1.29, 1.82) is 0 Å². The number of hydrogen-bond donors (Lipinski definition) is 0. The van der Waals surface area contributed by atoms with E-state index < -0.39 is 0 Å². The van der Waals surface area contributed by atoms with Crippen LogP contribution < -0.4 is 4.74 Å². The summed E-state index contributed by atoms with van der Waals surface area (Å²) in [5, 5.41) is 0. The average molecular weight is 296 g/mol. The predicted molar refractivity (Wildman–Crippen MR) is 81.6 cm³/mol. The number of halogens is 1. The molecule has 1 heterocycles. The molecule has 1 amide bonds. The summed E-state index contributed by atoms with van der Waals surface area (Å²) in [7, 11) is 0. The molecule has 0 aromatic heterocycles. The molecule has 1 saturated heterocycles. The van der Waals surface area contributed by atoms with Crippen molar-refractivity contribution in [3.63, 3.8) is 0 Å². The van der Waals surface area contributed by atoms with Gasteiger partial charge in [-0.1, -0.05) is 0 Å². The number of rotatable bonds is 4. The van der Waals surface area contributed by atoms with Crippen molar-refractivity contribution in [3.8, 4) is 5.75 Å². The van der Waals surface area contributed by atoms with Gasteiger partial charge in [-0.15, -0.1) is 11.6 Å². The second-order valence-corrected chi connectivity index (χ2v) is 5.91. The van der Waals surface area contributed by atoms with Crippen LogP contribution in [-0.2, 0) is 0 Å². The van der Waals surface area contributed by atoms with Gasteiger partial charge < -0.3 is 9.64 Å². The molecule has 3 nitrogen and oxygen atoms in total. The van der Waals surface area contributed by atoms with Crippen molar-refractivity contribution < 1.29 is 9.53 Å². The number of benzene rings is 1. The first-order valence-corrected chi connectivity index (χ1v) is 7.75. The molecule has 20 heavy (non-hydrogen) atoms. The molecule has 110 valence electrons. The van der Waals surface area contributed by atoms with Crippen LogP contribution in [0.5, 0.6) is 5.75 Å². The monoisotopic (exact) mass is 295 g/mol. The molecule has 1 aliphatic rings. The SMILES string of the molecule is CC(C)Oc1ccc(C(=O)N2CCCC(CCl)C2)cc1. The Kier molecular flexibility index (Phi) is 5.30. The third-order valence-electron chi connectivity index (χ3n) is 3.50. The second-order valence-electron chi connectivity index (χ2n) is 5.60. The van der Waals surface area contributed by atoms with E-state index in [0.717, 1.165) is 37.2 Å². The fraction of sp³-hybridized carbons (Fsp3) is 0.562. The third kappa shape index (κ3) is 3.89. The van der Waals surface area contributed by atoms with Gasteiger partial charge >= 0.3 is 0 Å². The Morgan fingerprint density at radius 3 is 2.70 bits per heavy atom. The molecule has 1 atom stereocenters. The molecular weight excluding hydrogens is 274 g/mol. The minimum atomic E-state index is 0.0934. The normalized spacial score (nSPS) is 19.2. The first-order valence-electron chi connectivity index (χ1n) is 7.22. The molecule has 0 radical (unpaired) electrons. The van der Waals surface area contributed by atoms with Crippen LogP contribution in [0.1, 0.15) is 37.0 Å². The number of carbonyl (C=O) groups is 1. The molecule has 0 N–H and O–H groups in total. The molecule has 0 saturated carbocycles. The zero-order valence-corrected chi connectivity index (χ0v) is 12.9. The molecule has 0 bridgehead atoms. The number of likely N-dealkylation sites (tertiary alicyclic amines) is 1. The van der Waals surface area contributed by atoms with Gasteiger partial charge in [-0.3, -0.25) is 4.79 Å². The summed E-state index contributed by atoms with van der Waals surface area (Å²) >= 11 is 5.91. The van der Waals surface area contributed by atoms with Crippen molar-refractivity contribution >= 4 is 17.5 Å². The number of piperidine rings is 1. The Bertz CT molecular complexity index is 444. The lowest BCUT2D eigenvalue weighted by molar-refractivity contribution is 0.0685. The Balaban J connectivity index is 2.01. The van der Waals surface area contributed by atoms with E-state index in [9.17, 15) is 4.79 Å². The van der Waals surface area contributed by atoms with E-state index in [1.165, 1.54) is 0 Å². The highest BCUT2D eigenvalue weighted by Crippen LogP contribution is 2.21. The summed E-state index contributed by atoms with van der Waals surface area (Å²) in [6, 6.07) is 7.39. The van der Waals surface area contributed by atoms with Gasteiger partial charge in [-0.05, 0) is 56.9 Å². The predicted octanol–water partition coefficient (Wildman–Crippen LogP) is 3.56. The van der Waals surface area contributed by atoms with Gasteiger partial charge in [0.05, 0.1) is 6.10 Å². The zero-order valence-electron chi connectivity index (χ0n) is 12.1. The Labute approximate surface area is 125 Å². The summed E-state index contributed by atoms with van der Waals surface area (Å²) in [6.45, 7) is 5.57. The number of nitrogens with zero attached hydrogens (tertiary/aromatic N) is 1. The van der Waals surface area contributed by atoms with E-state index in [-0.39, 0.29) is 12.0 Å². The van der Waals surface area contributed by atoms with Crippen LogP contribution in [0.4, 0.5) is 0 Å². The van der Waals surface area contributed by atoms with Crippen molar-refractivity contribution in [2.24, 2.45) is 5.92 Å². The molecule has 4 heteroatoms. The van der Waals surface area contributed by atoms with E-state index >= 15 is 0 Å². The molecular formula is C16H22ClNO2. The molecule has 0 spiro atoms. The van der Waals surface area contributed by atoms with Crippen molar-refractivity contribution in [2.75, 3.05) is 19.0 Å². The largest absolute Gasteiger partial charge is 0.491 e. The average Bonchev–Trinajstić information content (AvgIpc) is 2.47. The van der Waals surface area contributed by atoms with Crippen molar-refractivity contribution in [3.05, 3.63) is 29.8 Å². The molecule has 1 unspecified atom stereocenters. The van der Waals surface area contributed by atoms with E-state index in [0.29, 0.717) is 11.8 Å². The number of ether oxygens (including phenoxy) is 1. The summed E-state index contributed by atoms with van der Waals surface area (Å²) in [4.78, 5) is 14.3. The Hall–Kier alpha value is -1.22. The second kappa shape index (κ2) is 6.98. The van der Waals surface area contributed by atoms with Crippen LogP contribution in [0, 0.1) is 5.92 Å². The lowest BCUT2D eigenvalue weighted by atomic mass is 9.99. The van der Waals surface area contributed by atoms with Gasteiger partial charge in [0.1, 0.15) is 5.75 Å². The smallest absolute Gasteiger partial charge is 0.253 e. The van der Waals surface area contributed by atoms with Crippen LogP contribution in [0.3, 0.4) is 0 Å². The molecule has 2 rings (SSSR count). The highest BCUT2D eigenvalue weighted by molar-refractivity contribution is 6.18. The van der Waals surface area contributed by atoms with Crippen molar-refractivity contribution in [2.45, 2.75) is 32.8 Å². The van der Waals surface area contributed by atoms with Gasteiger partial charge in [0.15, 0.2) is 0 Å². The zero-order chi connectivity index (χ0) is 14.5. The number of alkyl halides is 1. The number of carbonyl (C=O) groups excluding carboxylic acids is 1. The lowest BCUT2D eigenvalue weighted by Gasteiger charge is -2.31. The van der Waals surface area contributed by atoms with E-state index in [2.05, 4.69) is 0 Å². The minimum Gasteiger partial charge on any atom is -0.491 e. The molecule has 0 aliphatic carbocycles. The number of hydrogen-bond acceptors (Lipinski definition) is 2. The fourth-order valence-corrected chi connectivity index (χ4v) is 2.76. The molecule has 1 aromatic carbocycles. The van der Waals surface area contributed by atoms with E-state index in [1.54, 1.807) is 0 Å². The molecule has 1 fully saturated rings. The van der Waals surface area contributed by atoms with E-state index in [4.69, 9.17) is 16.3 Å². The summed E-state index contributed by atoms with van der Waals surface area (Å²) in [5.74, 6) is 1.95. The Morgan fingerprint density at radius 2 is 2.10 bits per heavy atom. The van der Waals surface area contributed by atoms with Crippen LogP contribution in [0.15, 0.2) is 24.3 Å². The highest BCUT2D eigenvalue weighted by atomic mass is 35.5. The number of amides is 1. The van der Waals surface area contributed by atoms with Gasteiger partial charge in [0, 0.05) is 24.5 Å². The highest BCUT2D eigenvalue weighted by Gasteiger charge is 2.23. The summed E-state index contributed by atoms with van der Waals surface area (Å²) in [5.41, 5.74) is 0.719. The quantitative estimate of drug-likeness (QED) is 0.795. The maximum Gasteiger partial charge on any atom is 0.253 e. The summed E-state index contributed by atoms with van der Waals surface area (Å²) in [6.07, 6.45) is 2.30. The standard InChI is InChI=1S/C16H22ClNO2/c1-12(2)20-15-7-5-14(6-8-15)16(19)18-9-3-4-13(10-17)11-18/h5-8,12-13H,3-4,9-11H2,1-2H3. The van der Waals surface area contributed by atoms with Crippen LogP contribution in [-0.4, -0.2) is 35.9 Å². The maximum atomic E-state index is 12.4. The Morgan fingerprint density at radius 1 is 1.40 bits per heavy atom. The topological polar surface area (TPSA) is 29.5 Å². The molecule has 1 aromatic rings. The minimum absolute atomic E-state index is 0.0934. The van der Waals surface area contributed by atoms with Crippen LogP contribution >= 0.6 is 11.6 Å². The lowest BCUT2D eigenvalue weighted by Crippen LogP contribution is -2.40. The van der Waals surface area contributed by atoms with E-state index in [1.807, 2.05) is 43.0 Å². The van der Waals surface area contributed by atoms with Crippen LogP contribution in [0.25, 0.3) is 0 Å². The van der Waals surface area contributed by atoms with Gasteiger partial charge in [-0.2, -0.15) is 0 Å². The van der Waals surface area contributed by atoms with Gasteiger partial charge in [-0.25, -0.2) is 0 Å².